The molecule has 2 heterocycles. The molecule has 6 heteroatoms. The fourth-order valence-electron chi connectivity index (χ4n) is 1.68. The van der Waals surface area contributed by atoms with Gasteiger partial charge in [0, 0.05) is 12.6 Å². The second kappa shape index (κ2) is 3.23. The van der Waals surface area contributed by atoms with Crippen molar-refractivity contribution in [2.45, 2.75) is 12.5 Å². The van der Waals surface area contributed by atoms with Crippen molar-refractivity contribution in [1.82, 2.24) is 4.98 Å². The fourth-order valence-corrected chi connectivity index (χ4v) is 1.68. The Labute approximate surface area is 84.8 Å². The van der Waals surface area contributed by atoms with Gasteiger partial charge in [-0.2, -0.15) is 0 Å². The number of hydrogen-bond donors (Lipinski definition) is 2. The topological polar surface area (TPSA) is 90.7 Å². The standard InChI is InChI=1S/C9H8N2O4/c12-8(13)6-4-5-2-1-3-10-7(5)11(6)9(14)15/h1-3,6H,4H2,(H,12,13)(H,14,15). The van der Waals surface area contributed by atoms with Crippen LogP contribution < -0.4 is 4.90 Å². The number of fused-ring (bicyclic) bond motifs is 1. The smallest absolute Gasteiger partial charge is 0.413 e. The summed E-state index contributed by atoms with van der Waals surface area (Å²) < 4.78 is 0. The average Bonchev–Trinajstić information content (AvgIpc) is 2.56. The van der Waals surface area contributed by atoms with Gasteiger partial charge in [0.15, 0.2) is 0 Å². The zero-order valence-electron chi connectivity index (χ0n) is 7.62. The Hall–Kier alpha value is -2.11. The first kappa shape index (κ1) is 9.45. The monoisotopic (exact) mass is 208 g/mol. The second-order valence-corrected chi connectivity index (χ2v) is 3.20. The zero-order valence-corrected chi connectivity index (χ0v) is 7.62. The summed E-state index contributed by atoms with van der Waals surface area (Å²) in [6.45, 7) is 0. The number of amides is 1. The van der Waals surface area contributed by atoms with Gasteiger partial charge in [-0.15, -0.1) is 0 Å². The third-order valence-electron chi connectivity index (χ3n) is 2.31. The van der Waals surface area contributed by atoms with Crippen molar-refractivity contribution in [3.63, 3.8) is 0 Å². The van der Waals surface area contributed by atoms with Crippen molar-refractivity contribution in [1.29, 1.82) is 0 Å². The number of pyridine rings is 1. The molecule has 78 valence electrons. The summed E-state index contributed by atoms with van der Waals surface area (Å²) in [6, 6.07) is 2.28. The third kappa shape index (κ3) is 1.39. The molecular formula is C9H8N2O4. The predicted molar refractivity (Wildman–Crippen MR) is 49.9 cm³/mol. The van der Waals surface area contributed by atoms with Crippen LogP contribution in [0.4, 0.5) is 10.6 Å². The SMILES string of the molecule is O=C(O)C1Cc2cccnc2N1C(=O)O. The summed E-state index contributed by atoms with van der Waals surface area (Å²) in [5, 5.41) is 17.8. The Bertz CT molecular complexity index is 432. The molecule has 0 aromatic carbocycles. The molecule has 0 saturated carbocycles. The van der Waals surface area contributed by atoms with Crippen LogP contribution in [0.15, 0.2) is 18.3 Å². The normalized spacial score (nSPS) is 18.7. The van der Waals surface area contributed by atoms with E-state index in [0.717, 1.165) is 4.90 Å². The highest BCUT2D eigenvalue weighted by atomic mass is 16.4. The molecule has 0 aliphatic carbocycles. The fraction of sp³-hybridized carbons (Fsp3) is 0.222. The minimum Gasteiger partial charge on any atom is -0.480 e. The molecule has 2 rings (SSSR count). The molecule has 0 radical (unpaired) electrons. The van der Waals surface area contributed by atoms with E-state index >= 15 is 0 Å². The van der Waals surface area contributed by atoms with E-state index < -0.39 is 18.1 Å². The summed E-state index contributed by atoms with van der Waals surface area (Å²) in [5.74, 6) is -0.937. The summed E-state index contributed by atoms with van der Waals surface area (Å²) in [6.07, 6.45) is 0.323. The molecule has 1 atom stereocenters. The highest BCUT2D eigenvalue weighted by molar-refractivity contribution is 5.96. The molecule has 0 fully saturated rings. The first-order valence-corrected chi connectivity index (χ1v) is 4.30. The number of carboxylic acid groups (broad SMARTS) is 2. The molecule has 1 aromatic rings. The molecule has 0 saturated heterocycles. The van der Waals surface area contributed by atoms with Crippen molar-refractivity contribution in [2.75, 3.05) is 4.90 Å². The van der Waals surface area contributed by atoms with Crippen LogP contribution in [0.1, 0.15) is 5.56 Å². The van der Waals surface area contributed by atoms with E-state index in [1.165, 1.54) is 6.20 Å². The van der Waals surface area contributed by atoms with Crippen molar-refractivity contribution >= 4 is 17.9 Å². The van der Waals surface area contributed by atoms with E-state index in [9.17, 15) is 9.59 Å². The van der Waals surface area contributed by atoms with Gasteiger partial charge in [0.25, 0.3) is 0 Å². The zero-order chi connectivity index (χ0) is 11.0. The number of rotatable bonds is 1. The van der Waals surface area contributed by atoms with Crippen LogP contribution in [0.3, 0.4) is 0 Å². The van der Waals surface area contributed by atoms with E-state index in [1.807, 2.05) is 0 Å². The molecule has 15 heavy (non-hydrogen) atoms. The lowest BCUT2D eigenvalue weighted by Gasteiger charge is -2.17. The Morgan fingerprint density at radius 3 is 2.80 bits per heavy atom. The van der Waals surface area contributed by atoms with Gasteiger partial charge in [0.1, 0.15) is 11.9 Å². The largest absolute Gasteiger partial charge is 0.480 e. The number of carbonyl (C=O) groups is 2. The van der Waals surface area contributed by atoms with Gasteiger partial charge < -0.3 is 10.2 Å². The van der Waals surface area contributed by atoms with Crippen LogP contribution in [0.25, 0.3) is 0 Å². The van der Waals surface area contributed by atoms with Gasteiger partial charge in [-0.05, 0) is 11.6 Å². The van der Waals surface area contributed by atoms with E-state index in [4.69, 9.17) is 10.2 Å². The van der Waals surface area contributed by atoms with Gasteiger partial charge >= 0.3 is 12.1 Å². The molecule has 1 aliphatic rings. The lowest BCUT2D eigenvalue weighted by Crippen LogP contribution is -2.42. The molecule has 2 N–H and O–H groups in total. The quantitative estimate of drug-likeness (QED) is 0.704. The molecule has 1 amide bonds. The molecule has 1 aliphatic heterocycles. The van der Waals surface area contributed by atoms with E-state index in [2.05, 4.69) is 4.98 Å². The van der Waals surface area contributed by atoms with Gasteiger partial charge in [0.05, 0.1) is 0 Å². The third-order valence-corrected chi connectivity index (χ3v) is 2.31. The maximum atomic E-state index is 10.9. The Kier molecular flexibility index (Phi) is 2.03. The van der Waals surface area contributed by atoms with Crippen molar-refractivity contribution in [3.8, 4) is 0 Å². The summed E-state index contributed by atoms with van der Waals surface area (Å²) >= 11 is 0. The molecule has 6 nitrogen and oxygen atoms in total. The number of aromatic nitrogens is 1. The molecule has 1 aromatic heterocycles. The Morgan fingerprint density at radius 2 is 2.20 bits per heavy atom. The highest BCUT2D eigenvalue weighted by Crippen LogP contribution is 2.29. The summed E-state index contributed by atoms with van der Waals surface area (Å²) in [4.78, 5) is 26.4. The molecular weight excluding hydrogens is 200 g/mol. The maximum Gasteiger partial charge on any atom is 0.413 e. The molecule has 0 bridgehead atoms. The number of aliphatic carboxylic acids is 1. The van der Waals surface area contributed by atoms with Crippen LogP contribution in [0.5, 0.6) is 0 Å². The van der Waals surface area contributed by atoms with Crippen molar-refractivity contribution in [3.05, 3.63) is 23.9 Å². The molecule has 0 spiro atoms. The first-order chi connectivity index (χ1) is 7.11. The Morgan fingerprint density at radius 1 is 1.47 bits per heavy atom. The Balaban J connectivity index is 2.46. The lowest BCUT2D eigenvalue weighted by atomic mass is 10.1. The number of carboxylic acids is 1. The van der Waals surface area contributed by atoms with E-state index in [0.29, 0.717) is 5.56 Å². The lowest BCUT2D eigenvalue weighted by molar-refractivity contribution is -0.138. The van der Waals surface area contributed by atoms with Crippen molar-refractivity contribution < 1.29 is 19.8 Å². The van der Waals surface area contributed by atoms with Crippen LogP contribution in [0.2, 0.25) is 0 Å². The predicted octanol–water partition coefficient (Wildman–Crippen LogP) is 0.575. The maximum absolute atomic E-state index is 10.9. The summed E-state index contributed by atoms with van der Waals surface area (Å²) in [7, 11) is 0. The number of nitrogens with zero attached hydrogens (tertiary/aromatic N) is 2. The minimum atomic E-state index is -1.29. The van der Waals surface area contributed by atoms with Crippen molar-refractivity contribution in [2.24, 2.45) is 0 Å². The minimum absolute atomic E-state index is 0.171. The van der Waals surface area contributed by atoms with Crippen LogP contribution >= 0.6 is 0 Å². The van der Waals surface area contributed by atoms with Crippen LogP contribution in [0, 0.1) is 0 Å². The molecule has 1 unspecified atom stereocenters. The average molecular weight is 208 g/mol. The van der Waals surface area contributed by atoms with Gasteiger partial charge in [-0.1, -0.05) is 6.07 Å². The van der Waals surface area contributed by atoms with Gasteiger partial charge in [-0.3, -0.25) is 0 Å². The highest BCUT2D eigenvalue weighted by Gasteiger charge is 2.39. The van der Waals surface area contributed by atoms with E-state index in [1.54, 1.807) is 12.1 Å². The summed E-state index contributed by atoms with van der Waals surface area (Å²) in [5.41, 5.74) is 0.646. The van der Waals surface area contributed by atoms with E-state index in [-0.39, 0.29) is 12.2 Å². The van der Waals surface area contributed by atoms with Gasteiger partial charge in [-0.25, -0.2) is 19.5 Å². The second-order valence-electron chi connectivity index (χ2n) is 3.20. The van der Waals surface area contributed by atoms with Gasteiger partial charge in [0.2, 0.25) is 0 Å². The first-order valence-electron chi connectivity index (χ1n) is 4.30. The van der Waals surface area contributed by atoms with Crippen LogP contribution in [-0.2, 0) is 11.2 Å². The number of hydrogen-bond acceptors (Lipinski definition) is 3. The van der Waals surface area contributed by atoms with Crippen LogP contribution in [-0.4, -0.2) is 33.3 Å². The number of anilines is 1.